The van der Waals surface area contributed by atoms with E-state index >= 15 is 0 Å². The molecule has 0 amide bonds. The Kier molecular flexibility index (Phi) is 3.42. The van der Waals surface area contributed by atoms with E-state index in [9.17, 15) is 0 Å². The summed E-state index contributed by atoms with van der Waals surface area (Å²) in [7, 11) is 3.90. The van der Waals surface area contributed by atoms with Gasteiger partial charge in [-0.25, -0.2) is 0 Å². The van der Waals surface area contributed by atoms with E-state index in [0.29, 0.717) is 6.54 Å². The van der Waals surface area contributed by atoms with Gasteiger partial charge in [-0.3, -0.25) is 4.90 Å². The quantitative estimate of drug-likeness (QED) is 0.389. The Bertz CT molecular complexity index is 47.0. The second kappa shape index (κ2) is 3.29. The van der Waals surface area contributed by atoms with Crippen molar-refractivity contribution in [1.82, 2.24) is 4.90 Å². The van der Waals surface area contributed by atoms with Crippen LogP contribution in [0.2, 0.25) is 0 Å². The van der Waals surface area contributed by atoms with Crippen LogP contribution in [0.4, 0.5) is 0 Å². The molecule has 7 heavy (non-hydrogen) atoms. The maximum absolute atomic E-state index is 5.25. The predicted molar refractivity (Wildman–Crippen MR) is 35.5 cm³/mol. The lowest BCUT2D eigenvalue weighted by Crippen LogP contribution is -2.29. The van der Waals surface area contributed by atoms with E-state index in [1.165, 1.54) is 0 Å². The SMILES string of the molecule is CN(C)C(S)CN. The first-order chi connectivity index (χ1) is 3.18. The molecule has 1 unspecified atom stereocenters. The smallest absolute Gasteiger partial charge is 0.0646 e. The van der Waals surface area contributed by atoms with Crippen LogP contribution in [0, 0.1) is 0 Å². The molecule has 0 aliphatic carbocycles. The third-order valence-corrected chi connectivity index (χ3v) is 1.48. The Labute approximate surface area is 50.1 Å². The first-order valence-corrected chi connectivity index (χ1v) is 2.74. The lowest BCUT2D eigenvalue weighted by Gasteiger charge is -2.15. The van der Waals surface area contributed by atoms with Crippen molar-refractivity contribution >= 4 is 12.6 Å². The second-order valence-electron chi connectivity index (χ2n) is 1.68. The molecule has 0 radical (unpaired) electrons. The molecule has 1 atom stereocenters. The van der Waals surface area contributed by atoms with Gasteiger partial charge in [-0.1, -0.05) is 0 Å². The van der Waals surface area contributed by atoms with Crippen LogP contribution in [0.15, 0.2) is 0 Å². The summed E-state index contributed by atoms with van der Waals surface area (Å²) >= 11 is 4.13. The summed E-state index contributed by atoms with van der Waals surface area (Å²) in [5.74, 6) is 0. The first-order valence-electron chi connectivity index (χ1n) is 2.23. The number of likely N-dealkylation sites (N-methyl/N-ethyl adjacent to an activating group) is 1. The molecule has 0 aromatic heterocycles. The van der Waals surface area contributed by atoms with Gasteiger partial charge in [-0.15, -0.1) is 0 Å². The summed E-state index contributed by atoms with van der Waals surface area (Å²) in [5.41, 5.74) is 5.25. The number of rotatable bonds is 2. The molecule has 0 aromatic rings. The molecular weight excluding hydrogens is 108 g/mol. The Balaban J connectivity index is 3.14. The molecule has 0 saturated heterocycles. The lowest BCUT2D eigenvalue weighted by atomic mass is 10.6. The second-order valence-corrected chi connectivity index (χ2v) is 2.28. The van der Waals surface area contributed by atoms with E-state index in [-0.39, 0.29) is 5.37 Å². The zero-order valence-electron chi connectivity index (χ0n) is 4.76. The molecular formula is C4H12N2S. The summed E-state index contributed by atoms with van der Waals surface area (Å²) in [6, 6.07) is 0. The van der Waals surface area contributed by atoms with Crippen LogP contribution < -0.4 is 5.73 Å². The topological polar surface area (TPSA) is 29.3 Å². The van der Waals surface area contributed by atoms with Gasteiger partial charge in [0.15, 0.2) is 0 Å². The van der Waals surface area contributed by atoms with Crippen LogP contribution in [0.1, 0.15) is 0 Å². The maximum atomic E-state index is 5.25. The van der Waals surface area contributed by atoms with Crippen LogP contribution in [0.3, 0.4) is 0 Å². The summed E-state index contributed by atoms with van der Waals surface area (Å²) in [6.45, 7) is 0.607. The van der Waals surface area contributed by atoms with Crippen LogP contribution in [0.5, 0.6) is 0 Å². The summed E-state index contributed by atoms with van der Waals surface area (Å²) in [4.78, 5) is 1.96. The van der Waals surface area contributed by atoms with Crippen LogP contribution in [0.25, 0.3) is 0 Å². The normalized spacial score (nSPS) is 15.0. The van der Waals surface area contributed by atoms with Gasteiger partial charge in [0, 0.05) is 6.54 Å². The van der Waals surface area contributed by atoms with Gasteiger partial charge >= 0.3 is 0 Å². The Morgan fingerprint density at radius 3 is 2.14 bits per heavy atom. The van der Waals surface area contributed by atoms with Crippen LogP contribution in [-0.4, -0.2) is 30.9 Å². The van der Waals surface area contributed by atoms with Crippen molar-refractivity contribution < 1.29 is 0 Å². The highest BCUT2D eigenvalue weighted by Gasteiger charge is 1.98. The predicted octanol–water partition coefficient (Wildman–Crippen LogP) is -0.237. The molecule has 44 valence electrons. The molecule has 0 aliphatic heterocycles. The van der Waals surface area contributed by atoms with Gasteiger partial charge in [0.05, 0.1) is 5.37 Å². The number of hydrogen-bond donors (Lipinski definition) is 2. The van der Waals surface area contributed by atoms with E-state index in [4.69, 9.17) is 5.73 Å². The van der Waals surface area contributed by atoms with Crippen molar-refractivity contribution in [1.29, 1.82) is 0 Å². The van der Waals surface area contributed by atoms with E-state index < -0.39 is 0 Å². The molecule has 0 spiro atoms. The van der Waals surface area contributed by atoms with E-state index in [0.717, 1.165) is 0 Å². The standard InChI is InChI=1S/C4H12N2S/c1-6(2)4(7)3-5/h4,7H,3,5H2,1-2H3. The van der Waals surface area contributed by atoms with E-state index in [2.05, 4.69) is 12.6 Å². The van der Waals surface area contributed by atoms with Crippen molar-refractivity contribution in [2.75, 3.05) is 20.6 Å². The number of nitrogens with two attached hydrogens (primary N) is 1. The van der Waals surface area contributed by atoms with Crippen LogP contribution >= 0.6 is 12.6 Å². The summed E-state index contributed by atoms with van der Waals surface area (Å²) in [5, 5.41) is 0.208. The van der Waals surface area contributed by atoms with Crippen molar-refractivity contribution in [2.45, 2.75) is 5.37 Å². The molecule has 0 aliphatic rings. The van der Waals surface area contributed by atoms with Crippen molar-refractivity contribution in [3.63, 3.8) is 0 Å². The fraction of sp³-hybridized carbons (Fsp3) is 1.00. The molecule has 3 heteroatoms. The molecule has 0 heterocycles. The van der Waals surface area contributed by atoms with Gasteiger partial charge in [-0.05, 0) is 14.1 Å². The van der Waals surface area contributed by atoms with Gasteiger partial charge in [-0.2, -0.15) is 12.6 Å². The summed E-state index contributed by atoms with van der Waals surface area (Å²) in [6.07, 6.45) is 0. The molecule has 2 nitrogen and oxygen atoms in total. The largest absolute Gasteiger partial charge is 0.328 e. The van der Waals surface area contributed by atoms with Crippen molar-refractivity contribution in [3.05, 3.63) is 0 Å². The minimum atomic E-state index is 0.208. The van der Waals surface area contributed by atoms with Gasteiger partial charge in [0.2, 0.25) is 0 Å². The molecule has 0 aromatic carbocycles. The average molecular weight is 120 g/mol. The Hall–Kier alpha value is 0.270. The maximum Gasteiger partial charge on any atom is 0.0646 e. The minimum absolute atomic E-state index is 0.208. The van der Waals surface area contributed by atoms with Gasteiger partial charge < -0.3 is 5.73 Å². The number of nitrogens with zero attached hydrogens (tertiary/aromatic N) is 1. The Morgan fingerprint density at radius 2 is 2.14 bits per heavy atom. The highest BCUT2D eigenvalue weighted by Crippen LogP contribution is 1.92. The average Bonchev–Trinajstić information content (AvgIpc) is 1.65. The molecule has 0 bridgehead atoms. The van der Waals surface area contributed by atoms with E-state index in [1.54, 1.807) is 0 Å². The third kappa shape index (κ3) is 2.91. The van der Waals surface area contributed by atoms with Crippen molar-refractivity contribution in [2.24, 2.45) is 5.73 Å². The Morgan fingerprint density at radius 1 is 1.71 bits per heavy atom. The monoisotopic (exact) mass is 120 g/mol. The zero-order valence-corrected chi connectivity index (χ0v) is 5.65. The highest BCUT2D eigenvalue weighted by molar-refractivity contribution is 7.80. The summed E-state index contributed by atoms with van der Waals surface area (Å²) < 4.78 is 0. The fourth-order valence-electron chi connectivity index (χ4n) is 0.211. The molecule has 2 N–H and O–H groups in total. The zero-order chi connectivity index (χ0) is 5.86. The minimum Gasteiger partial charge on any atom is -0.328 e. The molecule has 0 saturated carbocycles. The van der Waals surface area contributed by atoms with Gasteiger partial charge in [0.25, 0.3) is 0 Å². The number of thiol groups is 1. The van der Waals surface area contributed by atoms with Crippen LogP contribution in [-0.2, 0) is 0 Å². The first kappa shape index (κ1) is 7.27. The third-order valence-electron chi connectivity index (χ3n) is 0.807. The lowest BCUT2D eigenvalue weighted by molar-refractivity contribution is 0.390. The molecule has 0 fully saturated rings. The number of hydrogen-bond acceptors (Lipinski definition) is 3. The van der Waals surface area contributed by atoms with Gasteiger partial charge in [0.1, 0.15) is 0 Å². The fourth-order valence-corrected chi connectivity index (χ4v) is 0.211. The van der Waals surface area contributed by atoms with E-state index in [1.807, 2.05) is 19.0 Å². The van der Waals surface area contributed by atoms with Crippen molar-refractivity contribution in [3.8, 4) is 0 Å². The highest BCUT2D eigenvalue weighted by atomic mass is 32.1. The molecule has 0 rings (SSSR count).